The van der Waals surface area contributed by atoms with E-state index in [1.54, 1.807) is 19.2 Å². The third-order valence-corrected chi connectivity index (χ3v) is 6.52. The van der Waals surface area contributed by atoms with Crippen molar-refractivity contribution in [3.05, 3.63) is 51.2 Å². The molecule has 0 spiro atoms. The van der Waals surface area contributed by atoms with Crippen LogP contribution in [0.25, 0.3) is 0 Å². The van der Waals surface area contributed by atoms with Gasteiger partial charge < -0.3 is 19.8 Å². The molecule has 2 aliphatic heterocycles. The number of carbonyl (C=O) groups is 1. The number of thiophene rings is 1. The van der Waals surface area contributed by atoms with Crippen LogP contribution < -0.4 is 10.2 Å². The van der Waals surface area contributed by atoms with Crippen molar-refractivity contribution in [3.8, 4) is 0 Å². The van der Waals surface area contributed by atoms with Gasteiger partial charge in [-0.25, -0.2) is 0 Å². The summed E-state index contributed by atoms with van der Waals surface area (Å²) in [5.74, 6) is -0.139. The molecule has 1 N–H and O–H groups in total. The van der Waals surface area contributed by atoms with Gasteiger partial charge in [0.05, 0.1) is 34.1 Å². The zero-order valence-electron chi connectivity index (χ0n) is 16.3. The van der Waals surface area contributed by atoms with Gasteiger partial charge in [-0.05, 0) is 42.7 Å². The lowest BCUT2D eigenvalue weighted by Crippen LogP contribution is -2.32. The number of nitrogens with one attached hydrogen (secondary N) is 1. The van der Waals surface area contributed by atoms with Crippen molar-refractivity contribution in [2.45, 2.75) is 31.4 Å². The van der Waals surface area contributed by atoms with Gasteiger partial charge in [0.2, 0.25) is 0 Å². The lowest BCUT2D eigenvalue weighted by Gasteiger charge is -2.26. The molecule has 154 valence electrons. The molecule has 2 atom stereocenters. The second kappa shape index (κ2) is 9.15. The summed E-state index contributed by atoms with van der Waals surface area (Å²) in [6.07, 6.45) is 2.87. The number of amides is 1. The van der Waals surface area contributed by atoms with Crippen LogP contribution in [-0.2, 0) is 9.57 Å². The molecule has 29 heavy (non-hydrogen) atoms. The summed E-state index contributed by atoms with van der Waals surface area (Å²) in [5, 5.41) is 7.11. The number of anilines is 1. The molecule has 6 nitrogen and oxygen atoms in total. The first-order chi connectivity index (χ1) is 14.1. The van der Waals surface area contributed by atoms with Crippen molar-refractivity contribution in [2.24, 2.45) is 5.16 Å². The van der Waals surface area contributed by atoms with E-state index in [1.807, 2.05) is 0 Å². The van der Waals surface area contributed by atoms with E-state index >= 15 is 0 Å². The Labute approximate surface area is 179 Å². The number of hydrogen-bond donors (Lipinski definition) is 1. The zero-order chi connectivity index (χ0) is 20.2. The molecule has 0 aliphatic carbocycles. The van der Waals surface area contributed by atoms with E-state index in [0.717, 1.165) is 24.4 Å². The minimum atomic E-state index is -0.159. The Hall–Kier alpha value is -2.09. The summed E-state index contributed by atoms with van der Waals surface area (Å²) in [7, 11) is 1.76. The van der Waals surface area contributed by atoms with E-state index in [9.17, 15) is 4.79 Å². The fourth-order valence-corrected chi connectivity index (χ4v) is 4.78. The fourth-order valence-electron chi connectivity index (χ4n) is 3.82. The van der Waals surface area contributed by atoms with Crippen LogP contribution >= 0.6 is 22.9 Å². The molecule has 0 bridgehead atoms. The van der Waals surface area contributed by atoms with E-state index in [2.05, 4.69) is 39.6 Å². The maximum Gasteiger partial charge on any atom is 0.261 e. The van der Waals surface area contributed by atoms with E-state index in [4.69, 9.17) is 21.2 Å². The van der Waals surface area contributed by atoms with Gasteiger partial charge in [0.25, 0.3) is 5.91 Å². The number of oxime groups is 1. The van der Waals surface area contributed by atoms with Crippen molar-refractivity contribution >= 4 is 40.2 Å². The first-order valence-electron chi connectivity index (χ1n) is 9.76. The number of carbonyl (C=O) groups excluding carboxylic acids is 1. The third-order valence-electron chi connectivity index (χ3n) is 5.29. The summed E-state index contributed by atoms with van der Waals surface area (Å²) < 4.78 is 5.95. The van der Waals surface area contributed by atoms with Gasteiger partial charge in [-0.2, -0.15) is 0 Å². The van der Waals surface area contributed by atoms with Crippen LogP contribution in [0.15, 0.2) is 41.6 Å². The highest BCUT2D eigenvalue weighted by Crippen LogP contribution is 2.27. The zero-order valence-corrected chi connectivity index (χ0v) is 17.8. The molecule has 0 radical (unpaired) electrons. The smallest absolute Gasteiger partial charge is 0.261 e. The monoisotopic (exact) mass is 433 g/mol. The highest BCUT2D eigenvalue weighted by Gasteiger charge is 2.26. The van der Waals surface area contributed by atoms with Crippen molar-refractivity contribution in [1.29, 1.82) is 0 Å². The molecule has 2 aromatic rings. The highest BCUT2D eigenvalue weighted by molar-refractivity contribution is 7.17. The van der Waals surface area contributed by atoms with Crippen LogP contribution in [0.5, 0.6) is 0 Å². The van der Waals surface area contributed by atoms with Gasteiger partial charge in [-0.15, -0.1) is 11.3 Å². The minimum absolute atomic E-state index is 0.139. The van der Waals surface area contributed by atoms with Gasteiger partial charge in [0, 0.05) is 25.8 Å². The van der Waals surface area contributed by atoms with Crippen molar-refractivity contribution in [1.82, 2.24) is 5.32 Å². The maximum atomic E-state index is 12.1. The molecule has 1 fully saturated rings. The predicted molar refractivity (Wildman–Crippen MR) is 116 cm³/mol. The second-order valence-corrected chi connectivity index (χ2v) is 8.99. The number of nitrogens with zero attached hydrogens (tertiary/aromatic N) is 2. The molecule has 1 aromatic carbocycles. The molecular formula is C21H24ClN3O3S. The normalized spacial score (nSPS) is 21.2. The van der Waals surface area contributed by atoms with Gasteiger partial charge in [0.15, 0.2) is 0 Å². The lowest BCUT2D eigenvalue weighted by molar-refractivity contribution is 0.0755. The predicted octanol–water partition coefficient (Wildman–Crippen LogP) is 3.94. The largest absolute Gasteiger partial charge is 0.390 e. The van der Waals surface area contributed by atoms with Crippen LogP contribution in [-0.4, -0.2) is 50.6 Å². The first kappa shape index (κ1) is 20.2. The minimum Gasteiger partial charge on any atom is -0.390 e. The molecule has 1 aromatic heterocycles. The van der Waals surface area contributed by atoms with Gasteiger partial charge >= 0.3 is 0 Å². The van der Waals surface area contributed by atoms with Gasteiger partial charge in [0.1, 0.15) is 6.10 Å². The SMILES string of the molecule is COC[C@H]1CCCN1c1ccc(C2=NOC(CNC(=O)c3ccc(Cl)s3)C2)cc1. The summed E-state index contributed by atoms with van der Waals surface area (Å²) in [6.45, 7) is 2.23. The van der Waals surface area contributed by atoms with Crippen molar-refractivity contribution in [2.75, 3.05) is 31.7 Å². The highest BCUT2D eigenvalue weighted by atomic mass is 35.5. The van der Waals surface area contributed by atoms with Crippen molar-refractivity contribution in [3.63, 3.8) is 0 Å². The average molecular weight is 434 g/mol. The molecule has 0 saturated carbocycles. The molecule has 4 rings (SSSR count). The summed E-state index contributed by atoms with van der Waals surface area (Å²) in [5.41, 5.74) is 3.17. The van der Waals surface area contributed by atoms with Gasteiger partial charge in [-0.1, -0.05) is 28.9 Å². The van der Waals surface area contributed by atoms with E-state index < -0.39 is 0 Å². The number of rotatable bonds is 7. The quantitative estimate of drug-likeness (QED) is 0.718. The molecule has 2 aliphatic rings. The van der Waals surface area contributed by atoms with Crippen LogP contribution in [0.2, 0.25) is 4.34 Å². The van der Waals surface area contributed by atoms with Crippen LogP contribution in [0, 0.1) is 0 Å². The summed E-state index contributed by atoms with van der Waals surface area (Å²) in [4.78, 5) is 20.7. The molecule has 1 saturated heterocycles. The number of methoxy groups -OCH3 is 1. The lowest BCUT2D eigenvalue weighted by atomic mass is 10.0. The van der Waals surface area contributed by atoms with Crippen LogP contribution in [0.3, 0.4) is 0 Å². The Morgan fingerprint density at radius 3 is 2.90 bits per heavy atom. The Balaban J connectivity index is 1.30. The Morgan fingerprint density at radius 1 is 1.34 bits per heavy atom. The summed E-state index contributed by atoms with van der Waals surface area (Å²) in [6, 6.07) is 12.4. The second-order valence-electron chi connectivity index (χ2n) is 7.27. The number of halogens is 1. The Kier molecular flexibility index (Phi) is 6.37. The third kappa shape index (κ3) is 4.74. The number of hydrogen-bond acceptors (Lipinski definition) is 6. The van der Waals surface area contributed by atoms with Crippen LogP contribution in [0.1, 0.15) is 34.5 Å². The standard InChI is InChI=1S/C21H24ClN3O3S/c1-27-13-16-3-2-10-25(16)15-6-4-14(5-7-15)18-11-17(28-24-18)12-23-21(26)19-8-9-20(22)29-19/h4-9,16-17H,2-3,10-13H2,1H3,(H,23,26)/t16-,17?/m1/s1. The Bertz CT molecular complexity index is 884. The molecule has 1 unspecified atom stereocenters. The number of ether oxygens (including phenoxy) is 1. The maximum absolute atomic E-state index is 12.1. The molecule has 8 heteroatoms. The summed E-state index contributed by atoms with van der Waals surface area (Å²) >= 11 is 7.14. The average Bonchev–Trinajstić information content (AvgIpc) is 3.47. The molecule has 3 heterocycles. The molecular weight excluding hydrogens is 410 g/mol. The van der Waals surface area contributed by atoms with E-state index in [1.165, 1.54) is 29.9 Å². The van der Waals surface area contributed by atoms with E-state index in [0.29, 0.717) is 28.2 Å². The van der Waals surface area contributed by atoms with Gasteiger partial charge in [-0.3, -0.25) is 4.79 Å². The van der Waals surface area contributed by atoms with Crippen LogP contribution in [0.4, 0.5) is 5.69 Å². The Morgan fingerprint density at radius 2 is 2.17 bits per heavy atom. The number of benzene rings is 1. The fraction of sp³-hybridized carbons (Fsp3) is 0.429. The van der Waals surface area contributed by atoms with Crippen molar-refractivity contribution < 1.29 is 14.4 Å². The molecule has 1 amide bonds. The van der Waals surface area contributed by atoms with E-state index in [-0.39, 0.29) is 12.0 Å². The first-order valence-corrected chi connectivity index (χ1v) is 11.0. The topological polar surface area (TPSA) is 63.2 Å².